The highest BCUT2D eigenvalue weighted by atomic mass is 32.2. The molecule has 0 radical (unpaired) electrons. The van der Waals surface area contributed by atoms with Crippen molar-refractivity contribution in [1.82, 2.24) is 19.8 Å². The van der Waals surface area contributed by atoms with E-state index in [1.54, 1.807) is 0 Å². The molecule has 0 fully saturated rings. The fraction of sp³-hybridized carbons (Fsp3) is 0.312. The lowest BCUT2D eigenvalue weighted by Crippen LogP contribution is -2.40. The first-order valence-corrected chi connectivity index (χ1v) is 10.9. The molecule has 0 saturated heterocycles. The van der Waals surface area contributed by atoms with E-state index in [9.17, 15) is 22.8 Å². The summed E-state index contributed by atoms with van der Waals surface area (Å²) in [6.07, 6.45) is 0.991. The minimum Gasteiger partial charge on any atom is -0.497 e. The molecule has 1 amide bonds. The van der Waals surface area contributed by atoms with Crippen molar-refractivity contribution < 1.29 is 23.2 Å². The van der Waals surface area contributed by atoms with E-state index < -0.39 is 33.2 Å². The van der Waals surface area contributed by atoms with Crippen molar-refractivity contribution in [2.24, 2.45) is 0 Å². The number of nitrogens with zero attached hydrogens (tertiary/aromatic N) is 1. The summed E-state index contributed by atoms with van der Waals surface area (Å²) in [6.45, 7) is 0. The molecule has 29 heavy (non-hydrogen) atoms. The van der Waals surface area contributed by atoms with Crippen LogP contribution < -0.4 is 26.2 Å². The third kappa shape index (κ3) is 6.74. The molecule has 0 aliphatic carbocycles. The third-order valence-electron chi connectivity index (χ3n) is 3.69. The highest BCUT2D eigenvalue weighted by molar-refractivity contribution is 7.98. The summed E-state index contributed by atoms with van der Waals surface area (Å²) in [5.74, 6) is -0.0396. The van der Waals surface area contributed by atoms with Crippen LogP contribution in [0.3, 0.4) is 0 Å². The molecular formula is C16H20N4O7S2. The number of nitrogens with one attached hydrogen (secondary N) is 3. The van der Waals surface area contributed by atoms with Gasteiger partial charge in [-0.1, -0.05) is 0 Å². The topological polar surface area (TPSA) is 160 Å². The summed E-state index contributed by atoms with van der Waals surface area (Å²) < 4.78 is 33.8. The largest absolute Gasteiger partial charge is 0.497 e. The van der Waals surface area contributed by atoms with Gasteiger partial charge in [-0.15, -0.1) is 11.8 Å². The van der Waals surface area contributed by atoms with Gasteiger partial charge in [0.05, 0.1) is 17.9 Å². The number of H-pyrrole nitrogens is 1. The number of amides is 1. The molecule has 2 aromatic rings. The van der Waals surface area contributed by atoms with E-state index in [-0.39, 0.29) is 22.9 Å². The van der Waals surface area contributed by atoms with Crippen molar-refractivity contribution in [2.45, 2.75) is 23.2 Å². The minimum atomic E-state index is -3.94. The van der Waals surface area contributed by atoms with Gasteiger partial charge in [-0.05, 0) is 24.3 Å². The van der Waals surface area contributed by atoms with Crippen LogP contribution in [0.2, 0.25) is 0 Å². The standard InChI is InChI=1S/C16H20N4O7S2/c1-27-12-2-4-13(5-3-12)29(25,26)19-11(8-15(22)18-24)9-28-10-20-7-6-14(21)17-16(20)23/h2-7,11,19,24H,8-10H2,1H3,(H,18,22)(H,17,21,23). The van der Waals surface area contributed by atoms with Crippen LogP contribution in [0.25, 0.3) is 0 Å². The van der Waals surface area contributed by atoms with E-state index in [0.29, 0.717) is 5.75 Å². The van der Waals surface area contributed by atoms with Crippen LogP contribution in [0.4, 0.5) is 0 Å². The predicted octanol–water partition coefficient (Wildman–Crippen LogP) is -0.521. The molecule has 1 heterocycles. The lowest BCUT2D eigenvalue weighted by molar-refractivity contribution is -0.129. The van der Waals surface area contributed by atoms with E-state index in [1.807, 2.05) is 0 Å². The molecule has 0 aliphatic heterocycles. The average Bonchev–Trinajstić information content (AvgIpc) is 2.69. The van der Waals surface area contributed by atoms with Crippen LogP contribution in [0, 0.1) is 0 Å². The number of carbonyl (C=O) groups is 1. The van der Waals surface area contributed by atoms with Crippen molar-refractivity contribution in [3.63, 3.8) is 0 Å². The average molecular weight is 444 g/mol. The Kier molecular flexibility index (Phi) is 8.01. The number of aromatic nitrogens is 2. The summed E-state index contributed by atoms with van der Waals surface area (Å²) >= 11 is 1.16. The maximum Gasteiger partial charge on any atom is 0.329 e. The summed E-state index contributed by atoms with van der Waals surface area (Å²) in [7, 11) is -2.49. The zero-order valence-electron chi connectivity index (χ0n) is 15.3. The first kappa shape index (κ1) is 22.7. The van der Waals surface area contributed by atoms with E-state index in [0.717, 1.165) is 11.8 Å². The monoisotopic (exact) mass is 444 g/mol. The Morgan fingerprint density at radius 1 is 1.28 bits per heavy atom. The number of carbonyl (C=O) groups excluding carboxylic acids is 1. The lowest BCUT2D eigenvalue weighted by Gasteiger charge is -2.18. The molecule has 0 bridgehead atoms. The summed E-state index contributed by atoms with van der Waals surface area (Å²) in [5, 5.41) is 8.75. The van der Waals surface area contributed by atoms with Crippen LogP contribution in [0.15, 0.2) is 51.0 Å². The third-order valence-corrected chi connectivity index (χ3v) is 6.33. The molecule has 1 atom stereocenters. The molecule has 4 N–H and O–H groups in total. The molecule has 0 aliphatic rings. The number of benzene rings is 1. The second-order valence-electron chi connectivity index (χ2n) is 5.81. The quantitative estimate of drug-likeness (QED) is 0.281. The molecule has 11 nitrogen and oxygen atoms in total. The number of sulfonamides is 1. The van der Waals surface area contributed by atoms with Crippen LogP contribution in [-0.4, -0.2) is 48.0 Å². The van der Waals surface area contributed by atoms with Crippen molar-refractivity contribution in [3.05, 3.63) is 57.4 Å². The number of hydroxylamine groups is 1. The van der Waals surface area contributed by atoms with Gasteiger partial charge in [-0.3, -0.25) is 24.3 Å². The maximum atomic E-state index is 12.6. The Morgan fingerprint density at radius 3 is 2.55 bits per heavy atom. The first-order valence-electron chi connectivity index (χ1n) is 8.22. The van der Waals surface area contributed by atoms with Gasteiger partial charge in [0.15, 0.2) is 0 Å². The van der Waals surface area contributed by atoms with Crippen molar-refractivity contribution >= 4 is 27.7 Å². The SMILES string of the molecule is COc1ccc(S(=O)(=O)NC(CSCn2ccc(=O)[nH]c2=O)CC(=O)NO)cc1. The predicted molar refractivity (Wildman–Crippen MR) is 105 cm³/mol. The summed E-state index contributed by atoms with van der Waals surface area (Å²) in [4.78, 5) is 36.4. The van der Waals surface area contributed by atoms with Gasteiger partial charge >= 0.3 is 5.69 Å². The molecule has 1 unspecified atom stereocenters. The normalized spacial score (nSPS) is 12.3. The number of aromatic amines is 1. The van der Waals surface area contributed by atoms with Crippen molar-refractivity contribution in [2.75, 3.05) is 12.9 Å². The van der Waals surface area contributed by atoms with Gasteiger partial charge in [-0.25, -0.2) is 23.4 Å². The molecule has 0 spiro atoms. The van der Waals surface area contributed by atoms with Crippen molar-refractivity contribution in [1.29, 1.82) is 0 Å². The van der Waals surface area contributed by atoms with E-state index in [2.05, 4.69) is 9.71 Å². The number of ether oxygens (including phenoxy) is 1. The Morgan fingerprint density at radius 2 is 1.97 bits per heavy atom. The molecule has 158 valence electrons. The van der Waals surface area contributed by atoms with E-state index in [4.69, 9.17) is 9.94 Å². The van der Waals surface area contributed by atoms with Gasteiger partial charge in [0.1, 0.15) is 5.75 Å². The number of rotatable bonds is 10. The van der Waals surface area contributed by atoms with E-state index >= 15 is 0 Å². The highest BCUT2D eigenvalue weighted by Gasteiger charge is 2.22. The van der Waals surface area contributed by atoms with Gasteiger partial charge in [0, 0.05) is 30.5 Å². The van der Waals surface area contributed by atoms with Gasteiger partial charge in [0.2, 0.25) is 15.9 Å². The number of methoxy groups -OCH3 is 1. The lowest BCUT2D eigenvalue weighted by atomic mass is 10.2. The first-order chi connectivity index (χ1) is 13.7. The molecule has 0 saturated carbocycles. The minimum absolute atomic E-state index is 0.0189. The summed E-state index contributed by atoms with van der Waals surface area (Å²) in [6, 6.07) is 6.01. The van der Waals surface area contributed by atoms with Crippen LogP contribution >= 0.6 is 11.8 Å². The van der Waals surface area contributed by atoms with Crippen molar-refractivity contribution in [3.8, 4) is 5.75 Å². The smallest absolute Gasteiger partial charge is 0.329 e. The zero-order valence-corrected chi connectivity index (χ0v) is 17.0. The van der Waals surface area contributed by atoms with Gasteiger partial charge in [0.25, 0.3) is 5.56 Å². The fourth-order valence-electron chi connectivity index (χ4n) is 2.29. The summed E-state index contributed by atoms with van der Waals surface area (Å²) in [5.41, 5.74) is 0.335. The van der Waals surface area contributed by atoms with Crippen LogP contribution in [0.1, 0.15) is 6.42 Å². The van der Waals surface area contributed by atoms with E-state index in [1.165, 1.54) is 53.7 Å². The highest BCUT2D eigenvalue weighted by Crippen LogP contribution is 2.17. The number of thioether (sulfide) groups is 1. The second-order valence-corrected chi connectivity index (χ2v) is 8.53. The molecule has 1 aromatic carbocycles. The van der Waals surface area contributed by atoms with Gasteiger partial charge in [-0.2, -0.15) is 0 Å². The van der Waals surface area contributed by atoms with Crippen LogP contribution in [-0.2, 0) is 20.7 Å². The maximum absolute atomic E-state index is 12.6. The second kappa shape index (κ2) is 10.2. The number of hydrogen-bond acceptors (Lipinski definition) is 8. The Labute approximate surface area is 170 Å². The molecule has 2 rings (SSSR count). The fourth-order valence-corrected chi connectivity index (χ4v) is 4.62. The molecule has 13 heteroatoms. The number of hydrogen-bond donors (Lipinski definition) is 4. The van der Waals surface area contributed by atoms with Crippen LogP contribution in [0.5, 0.6) is 5.75 Å². The molecular weight excluding hydrogens is 424 g/mol. The zero-order chi connectivity index (χ0) is 21.4. The molecule has 1 aromatic heterocycles. The Balaban J connectivity index is 2.08. The Hall–Kier alpha value is -2.61. The van der Waals surface area contributed by atoms with Gasteiger partial charge < -0.3 is 4.74 Å². The Bertz CT molecular complexity index is 1050.